The highest BCUT2D eigenvalue weighted by molar-refractivity contribution is 9.09. The minimum atomic E-state index is -0.950. The maximum atomic E-state index is 11.3. The molecule has 0 aromatic carbocycles. The molecule has 1 saturated heterocycles. The van der Waals surface area contributed by atoms with E-state index in [1.54, 1.807) is 0 Å². The predicted molar refractivity (Wildman–Crippen MR) is 64.0 cm³/mol. The molecule has 6 nitrogen and oxygen atoms in total. The molecule has 18 heavy (non-hydrogen) atoms. The van der Waals surface area contributed by atoms with Crippen molar-refractivity contribution >= 4 is 33.7 Å². The summed E-state index contributed by atoms with van der Waals surface area (Å²) in [6, 6.07) is 0. The summed E-state index contributed by atoms with van der Waals surface area (Å²) in [6.45, 7) is 3.88. The Balaban J connectivity index is 2.80. The van der Waals surface area contributed by atoms with Gasteiger partial charge >= 0.3 is 11.9 Å². The molecule has 0 radical (unpaired) electrons. The van der Waals surface area contributed by atoms with E-state index in [0.29, 0.717) is 0 Å². The summed E-state index contributed by atoms with van der Waals surface area (Å²) in [5.74, 6) is -1.20. The number of ether oxygens (including phenoxy) is 3. The minimum Gasteiger partial charge on any atom is -0.461 e. The first-order valence-corrected chi connectivity index (χ1v) is 6.37. The van der Waals surface area contributed by atoms with Gasteiger partial charge in [0, 0.05) is 20.3 Å². The highest BCUT2D eigenvalue weighted by Gasteiger charge is 2.42. The highest BCUT2D eigenvalue weighted by Crippen LogP contribution is 2.29. The number of alkyl halides is 1. The zero-order chi connectivity index (χ0) is 13.9. The van der Waals surface area contributed by atoms with Gasteiger partial charge in [-0.1, -0.05) is 15.9 Å². The molecule has 4 atom stereocenters. The van der Waals surface area contributed by atoms with Gasteiger partial charge in [-0.2, -0.15) is 0 Å². The fourth-order valence-electron chi connectivity index (χ4n) is 1.65. The second kappa shape index (κ2) is 6.29. The summed E-state index contributed by atoms with van der Waals surface area (Å²) in [5, 5.41) is 0. The van der Waals surface area contributed by atoms with Crippen LogP contribution in [0.1, 0.15) is 27.2 Å². The first kappa shape index (κ1) is 15.1. The van der Waals surface area contributed by atoms with Gasteiger partial charge in [-0.15, -0.1) is 0 Å². The fraction of sp³-hybridized carbons (Fsp3) is 0.727. The molecule has 1 aliphatic rings. The molecule has 1 aliphatic heterocycles. The summed E-state index contributed by atoms with van der Waals surface area (Å²) in [4.78, 5) is 32.8. The first-order chi connectivity index (χ1) is 8.31. The normalized spacial score (nSPS) is 31.6. The van der Waals surface area contributed by atoms with Crippen molar-refractivity contribution < 1.29 is 28.6 Å². The number of esters is 2. The van der Waals surface area contributed by atoms with Gasteiger partial charge in [0.25, 0.3) is 0 Å². The van der Waals surface area contributed by atoms with Crippen LogP contribution in [0.3, 0.4) is 0 Å². The van der Waals surface area contributed by atoms with Crippen LogP contribution in [0.5, 0.6) is 0 Å². The smallest absolute Gasteiger partial charge is 0.304 e. The predicted octanol–water partition coefficient (Wildman–Crippen LogP) is 0.949. The van der Waals surface area contributed by atoms with Crippen molar-refractivity contribution in [2.75, 3.05) is 0 Å². The summed E-state index contributed by atoms with van der Waals surface area (Å²) in [6.07, 6.45) is -2.03. The van der Waals surface area contributed by atoms with Crippen molar-refractivity contribution in [2.24, 2.45) is 0 Å². The molecular weight excluding hydrogens is 308 g/mol. The van der Waals surface area contributed by atoms with Crippen LogP contribution in [0.4, 0.5) is 0 Å². The molecule has 0 unspecified atom stereocenters. The Hall–Kier alpha value is -0.950. The Kier molecular flexibility index (Phi) is 5.28. The van der Waals surface area contributed by atoms with Crippen LogP contribution in [-0.4, -0.2) is 41.0 Å². The lowest BCUT2D eigenvalue weighted by Gasteiger charge is -2.36. The van der Waals surface area contributed by atoms with Crippen molar-refractivity contribution in [3.05, 3.63) is 0 Å². The van der Waals surface area contributed by atoms with Crippen LogP contribution in [-0.2, 0) is 28.6 Å². The molecule has 0 aliphatic carbocycles. The maximum absolute atomic E-state index is 11.3. The zero-order valence-corrected chi connectivity index (χ0v) is 11.9. The molecule has 0 amide bonds. The number of halogens is 1. The Bertz CT molecular complexity index is 329. The Morgan fingerprint density at radius 1 is 1.11 bits per heavy atom. The maximum Gasteiger partial charge on any atom is 0.304 e. The van der Waals surface area contributed by atoms with Gasteiger partial charge in [0.05, 0.1) is 0 Å². The molecule has 0 bridgehead atoms. The molecule has 0 aromatic rings. The summed E-state index contributed by atoms with van der Waals surface area (Å²) in [7, 11) is 0. The van der Waals surface area contributed by atoms with E-state index in [9.17, 15) is 14.4 Å². The van der Waals surface area contributed by atoms with Crippen molar-refractivity contribution in [1.82, 2.24) is 0 Å². The van der Waals surface area contributed by atoms with E-state index in [1.807, 2.05) is 0 Å². The van der Waals surface area contributed by atoms with Crippen LogP contribution in [0, 0.1) is 0 Å². The topological polar surface area (TPSA) is 78.9 Å². The third-order valence-corrected chi connectivity index (χ3v) is 3.43. The molecule has 0 spiro atoms. The molecule has 102 valence electrons. The molecule has 1 rings (SSSR count). The van der Waals surface area contributed by atoms with Crippen molar-refractivity contribution in [1.29, 1.82) is 0 Å². The van der Waals surface area contributed by atoms with Crippen molar-refractivity contribution in [3.63, 3.8) is 0 Å². The van der Waals surface area contributed by atoms with Crippen LogP contribution >= 0.6 is 15.9 Å². The minimum absolute atomic E-state index is 0.205. The van der Waals surface area contributed by atoms with E-state index in [4.69, 9.17) is 14.2 Å². The number of rotatable bonds is 3. The quantitative estimate of drug-likeness (QED) is 0.568. The number of Topliss-reactive ketones (excluding diaryl/α,β-unsaturated/α-hetero) is 1. The first-order valence-electron chi connectivity index (χ1n) is 5.45. The largest absolute Gasteiger partial charge is 0.461 e. The molecule has 0 aromatic heterocycles. The molecule has 7 heteroatoms. The average Bonchev–Trinajstić information content (AvgIpc) is 2.22. The number of hydrogen-bond acceptors (Lipinski definition) is 6. The summed E-state index contributed by atoms with van der Waals surface area (Å²) in [5.41, 5.74) is 0. The van der Waals surface area contributed by atoms with E-state index in [-0.39, 0.29) is 12.2 Å². The van der Waals surface area contributed by atoms with E-state index in [1.165, 1.54) is 20.8 Å². The standard InChI is InChI=1S/C11H15BrO6/c1-5(13)8-4-9(16-6(2)14)10(12)11(18-8)17-7(3)15/h8-11H,4H2,1-3H3/t8-,9-,10+,11-/m1/s1. The van der Waals surface area contributed by atoms with Crippen LogP contribution in [0.2, 0.25) is 0 Å². The lowest BCUT2D eigenvalue weighted by Crippen LogP contribution is -2.50. The number of carbonyl (C=O) groups is 3. The SMILES string of the molecule is CC(=O)O[C@@H]1O[C@@H](C(C)=O)C[C@@H](OC(C)=O)[C@@H]1Br. The lowest BCUT2D eigenvalue weighted by atomic mass is 10.0. The summed E-state index contributed by atoms with van der Waals surface area (Å²) >= 11 is 3.26. The van der Waals surface area contributed by atoms with Crippen molar-refractivity contribution in [2.45, 2.75) is 50.5 Å². The van der Waals surface area contributed by atoms with Crippen molar-refractivity contribution in [3.8, 4) is 0 Å². The van der Waals surface area contributed by atoms with Gasteiger partial charge in [-0.05, 0) is 6.92 Å². The van der Waals surface area contributed by atoms with E-state index in [0.717, 1.165) is 0 Å². The van der Waals surface area contributed by atoms with Crippen LogP contribution < -0.4 is 0 Å². The molecular formula is C11H15BrO6. The Morgan fingerprint density at radius 3 is 2.11 bits per heavy atom. The van der Waals surface area contributed by atoms with Crippen LogP contribution in [0.15, 0.2) is 0 Å². The van der Waals surface area contributed by atoms with Gasteiger partial charge < -0.3 is 14.2 Å². The number of carbonyl (C=O) groups excluding carboxylic acids is 3. The second-order valence-electron chi connectivity index (χ2n) is 4.04. The van der Waals surface area contributed by atoms with Gasteiger partial charge in [0.15, 0.2) is 5.78 Å². The monoisotopic (exact) mass is 322 g/mol. The highest BCUT2D eigenvalue weighted by atomic mass is 79.9. The molecule has 0 N–H and O–H groups in total. The third-order valence-electron chi connectivity index (χ3n) is 2.41. The molecule has 0 saturated carbocycles. The van der Waals surface area contributed by atoms with Gasteiger partial charge in [0.2, 0.25) is 6.29 Å². The van der Waals surface area contributed by atoms with Gasteiger partial charge in [-0.3, -0.25) is 14.4 Å². The van der Waals surface area contributed by atoms with E-state index < -0.39 is 35.3 Å². The van der Waals surface area contributed by atoms with Gasteiger partial charge in [0.1, 0.15) is 17.0 Å². The lowest BCUT2D eigenvalue weighted by molar-refractivity contribution is -0.214. The van der Waals surface area contributed by atoms with Crippen LogP contribution in [0.25, 0.3) is 0 Å². The molecule has 1 fully saturated rings. The number of hydrogen-bond donors (Lipinski definition) is 0. The fourth-order valence-corrected chi connectivity index (χ4v) is 2.21. The Morgan fingerprint density at radius 2 is 1.67 bits per heavy atom. The number of ketones is 1. The van der Waals surface area contributed by atoms with E-state index >= 15 is 0 Å². The second-order valence-corrected chi connectivity index (χ2v) is 5.10. The molecule has 1 heterocycles. The Labute approximate surface area is 113 Å². The van der Waals surface area contributed by atoms with Gasteiger partial charge in [-0.25, -0.2) is 0 Å². The van der Waals surface area contributed by atoms with E-state index in [2.05, 4.69) is 15.9 Å². The third kappa shape index (κ3) is 4.06. The zero-order valence-electron chi connectivity index (χ0n) is 10.3. The average molecular weight is 323 g/mol. The summed E-state index contributed by atoms with van der Waals surface area (Å²) < 4.78 is 15.4.